The van der Waals surface area contributed by atoms with E-state index < -0.39 is 65.8 Å². The van der Waals surface area contributed by atoms with Crippen LogP contribution in [0.2, 0.25) is 0 Å². The Labute approximate surface area is 308 Å². The van der Waals surface area contributed by atoms with Crippen molar-refractivity contribution in [2.75, 3.05) is 19.6 Å². The minimum atomic E-state index is -1.39. The number of carbonyl (C=O) groups excluding carboxylic acids is 5. The number of nitrogens with two attached hydrogens (primary N) is 1. The molecule has 16 nitrogen and oxygen atoms in total. The summed E-state index contributed by atoms with van der Waals surface area (Å²) in [6.45, 7) is 5.67. The van der Waals surface area contributed by atoms with E-state index in [2.05, 4.69) is 26.0 Å². The fourth-order valence-corrected chi connectivity index (χ4v) is 5.89. The summed E-state index contributed by atoms with van der Waals surface area (Å²) in [5.41, 5.74) is 15.6. The Kier molecular flexibility index (Phi) is 16.7. The van der Waals surface area contributed by atoms with Crippen LogP contribution in [0.15, 0.2) is 59.7 Å². The number of aliphatic hydroxyl groups excluding tert-OH is 2. The summed E-state index contributed by atoms with van der Waals surface area (Å²) in [6, 6.07) is 14.7. The fraction of sp³-hybridized carbons (Fsp3) is 0.541. The number of azide groups is 1. The maximum absolute atomic E-state index is 13.9. The van der Waals surface area contributed by atoms with Crippen LogP contribution >= 0.6 is 0 Å². The monoisotopic (exact) mass is 737 g/mol. The third-order valence-corrected chi connectivity index (χ3v) is 8.54. The van der Waals surface area contributed by atoms with Gasteiger partial charge in [0.2, 0.25) is 5.91 Å². The molecule has 1 fully saturated rings. The molecule has 1 aliphatic heterocycles. The minimum absolute atomic E-state index is 0.00314. The number of hydrogen-bond donors (Lipinski definition) is 6. The van der Waals surface area contributed by atoms with E-state index in [-0.39, 0.29) is 51.0 Å². The highest BCUT2D eigenvalue weighted by atomic mass is 16.6. The maximum atomic E-state index is 13.9. The van der Waals surface area contributed by atoms with Gasteiger partial charge < -0.3 is 41.4 Å². The van der Waals surface area contributed by atoms with Crippen molar-refractivity contribution in [2.24, 2.45) is 16.8 Å². The van der Waals surface area contributed by atoms with E-state index >= 15 is 0 Å². The maximum Gasteiger partial charge on any atom is 0.407 e. The molecule has 0 aliphatic carbocycles. The van der Waals surface area contributed by atoms with Gasteiger partial charge in [0.15, 0.2) is 5.78 Å². The van der Waals surface area contributed by atoms with Crippen LogP contribution in [0.1, 0.15) is 63.1 Å². The zero-order chi connectivity index (χ0) is 39.0. The lowest BCUT2D eigenvalue weighted by molar-refractivity contribution is -0.133. The van der Waals surface area contributed by atoms with E-state index in [0.717, 1.165) is 11.1 Å². The van der Waals surface area contributed by atoms with E-state index in [0.29, 0.717) is 24.9 Å². The summed E-state index contributed by atoms with van der Waals surface area (Å²) in [7, 11) is 0. The SMILES string of the molecule is CC(C)(C)OC(=O)NCCc1ccc(CC(=O)C(CCCNC(N)=O)NC(=O)[C@H](CC(=O)C[C@@H]2O[C@H](CN=[N+]=[N-])C(O)C2O)Cc2ccccc2)cc1. The van der Waals surface area contributed by atoms with Gasteiger partial charge in [0.25, 0.3) is 0 Å². The Morgan fingerprint density at radius 3 is 2.25 bits per heavy atom. The van der Waals surface area contributed by atoms with Gasteiger partial charge in [-0.15, -0.1) is 0 Å². The number of benzene rings is 2. The molecule has 3 unspecified atom stereocenters. The van der Waals surface area contributed by atoms with Crippen LogP contribution in [0.5, 0.6) is 0 Å². The molecule has 4 amide bonds. The third kappa shape index (κ3) is 15.2. The first-order valence-corrected chi connectivity index (χ1v) is 17.6. The summed E-state index contributed by atoms with van der Waals surface area (Å²) < 4.78 is 10.9. The third-order valence-electron chi connectivity index (χ3n) is 8.54. The highest BCUT2D eigenvalue weighted by molar-refractivity contribution is 5.93. The number of ketones is 2. The molecule has 0 saturated carbocycles. The number of hydrogen-bond acceptors (Lipinski definition) is 10. The molecule has 1 heterocycles. The summed E-state index contributed by atoms with van der Waals surface area (Å²) in [4.78, 5) is 66.7. The molecule has 3 rings (SSSR count). The van der Waals surface area contributed by atoms with Crippen LogP contribution in [-0.2, 0) is 43.1 Å². The number of nitrogens with one attached hydrogen (secondary N) is 3. The molecule has 0 aromatic heterocycles. The van der Waals surface area contributed by atoms with Gasteiger partial charge in [-0.25, -0.2) is 9.59 Å². The van der Waals surface area contributed by atoms with E-state index in [4.69, 9.17) is 20.7 Å². The van der Waals surface area contributed by atoms with Crippen molar-refractivity contribution in [3.63, 3.8) is 0 Å². The van der Waals surface area contributed by atoms with Crippen molar-refractivity contribution >= 4 is 29.6 Å². The zero-order valence-corrected chi connectivity index (χ0v) is 30.4. The Morgan fingerprint density at radius 1 is 0.943 bits per heavy atom. The molecule has 288 valence electrons. The topological polar surface area (TPSA) is 255 Å². The quantitative estimate of drug-likeness (QED) is 0.0505. The second-order valence-corrected chi connectivity index (χ2v) is 14.1. The number of amides is 4. The normalized spacial score (nSPS) is 19.3. The van der Waals surface area contributed by atoms with Gasteiger partial charge in [-0.3, -0.25) is 14.4 Å². The van der Waals surface area contributed by atoms with Gasteiger partial charge in [0.05, 0.1) is 24.8 Å². The number of aliphatic hydroxyl groups is 2. The molecule has 2 aromatic carbocycles. The fourth-order valence-electron chi connectivity index (χ4n) is 5.89. The summed E-state index contributed by atoms with van der Waals surface area (Å²) in [5.74, 6) is -2.09. The average molecular weight is 738 g/mol. The van der Waals surface area contributed by atoms with Gasteiger partial charge in [-0.2, -0.15) is 0 Å². The molecule has 2 aromatic rings. The average Bonchev–Trinajstić information content (AvgIpc) is 3.35. The van der Waals surface area contributed by atoms with E-state index in [1.807, 2.05) is 30.3 Å². The van der Waals surface area contributed by atoms with Gasteiger partial charge in [-0.1, -0.05) is 59.7 Å². The number of rotatable bonds is 20. The summed E-state index contributed by atoms with van der Waals surface area (Å²) >= 11 is 0. The van der Waals surface area contributed by atoms with Crippen molar-refractivity contribution in [1.29, 1.82) is 0 Å². The Balaban J connectivity index is 1.69. The van der Waals surface area contributed by atoms with Crippen LogP contribution in [-0.4, -0.2) is 95.5 Å². The standard InChI is InChI=1S/C37H51N7O9/c1-37(2,3)53-36(51)41-17-15-23-11-13-25(14-12-23)19-29(46)28(10-7-16-40-35(38)50)43-34(49)26(18-24-8-5-4-6-9-24)20-27(45)21-30-32(47)33(48)31(52-30)22-42-44-39/h4-6,8-9,11-14,26,28,30-33,47-48H,7,10,15-22H2,1-3H3,(H,41,51)(H,43,49)(H3,38,40,50)/t26-,28?,30-,31+,32?,33?/m0/s1. The molecule has 6 atom stereocenters. The van der Waals surface area contributed by atoms with Gasteiger partial charge in [0.1, 0.15) is 23.6 Å². The van der Waals surface area contributed by atoms with Crippen LogP contribution in [0.4, 0.5) is 9.59 Å². The van der Waals surface area contributed by atoms with Crippen molar-refractivity contribution in [3.05, 3.63) is 81.7 Å². The smallest absolute Gasteiger partial charge is 0.407 e. The Hall–Kier alpha value is -5.02. The molecule has 0 bridgehead atoms. The van der Waals surface area contributed by atoms with Gasteiger partial charge in [0, 0.05) is 43.2 Å². The Morgan fingerprint density at radius 2 is 1.60 bits per heavy atom. The minimum Gasteiger partial charge on any atom is -0.444 e. The second-order valence-electron chi connectivity index (χ2n) is 14.1. The number of Topliss-reactive ketones (excluding diaryl/α,β-unsaturated/α-hetero) is 2. The van der Waals surface area contributed by atoms with E-state index in [1.165, 1.54) is 0 Å². The summed E-state index contributed by atoms with van der Waals surface area (Å²) in [5, 5.41) is 32.2. The first kappa shape index (κ1) is 42.4. The van der Waals surface area contributed by atoms with Crippen LogP contribution < -0.4 is 21.7 Å². The highest BCUT2D eigenvalue weighted by Gasteiger charge is 2.43. The number of carbonyl (C=O) groups is 5. The highest BCUT2D eigenvalue weighted by Crippen LogP contribution is 2.26. The van der Waals surface area contributed by atoms with Crippen LogP contribution in [0.3, 0.4) is 0 Å². The number of nitrogens with zero attached hydrogens (tertiary/aromatic N) is 3. The summed E-state index contributed by atoms with van der Waals surface area (Å²) in [6.07, 6.45) is -4.56. The van der Waals surface area contributed by atoms with Crippen molar-refractivity contribution < 1.29 is 43.7 Å². The molecular weight excluding hydrogens is 686 g/mol. The molecule has 53 heavy (non-hydrogen) atoms. The zero-order valence-electron chi connectivity index (χ0n) is 30.4. The van der Waals surface area contributed by atoms with Crippen molar-refractivity contribution in [3.8, 4) is 0 Å². The lowest BCUT2D eigenvalue weighted by Crippen LogP contribution is -2.45. The first-order chi connectivity index (χ1) is 25.1. The predicted octanol–water partition coefficient (Wildman–Crippen LogP) is 2.81. The van der Waals surface area contributed by atoms with Gasteiger partial charge in [-0.05, 0) is 68.7 Å². The number of urea groups is 1. The predicted molar refractivity (Wildman–Crippen MR) is 194 cm³/mol. The number of primary amides is 1. The molecule has 1 saturated heterocycles. The molecule has 7 N–H and O–H groups in total. The lowest BCUT2D eigenvalue weighted by Gasteiger charge is -2.23. The molecular formula is C37H51N7O9. The Bertz CT molecular complexity index is 1580. The lowest BCUT2D eigenvalue weighted by atomic mass is 9.90. The molecule has 16 heteroatoms. The van der Waals surface area contributed by atoms with Crippen molar-refractivity contribution in [2.45, 2.75) is 102 Å². The molecule has 0 radical (unpaired) electrons. The molecule has 1 aliphatic rings. The largest absolute Gasteiger partial charge is 0.444 e. The first-order valence-electron chi connectivity index (χ1n) is 17.6. The van der Waals surface area contributed by atoms with Gasteiger partial charge >= 0.3 is 12.1 Å². The van der Waals surface area contributed by atoms with E-state index in [1.54, 1.807) is 45.0 Å². The van der Waals surface area contributed by atoms with E-state index in [9.17, 15) is 34.2 Å². The second kappa shape index (κ2) is 20.9. The molecule has 0 spiro atoms. The van der Waals surface area contributed by atoms with Crippen LogP contribution in [0, 0.1) is 5.92 Å². The number of alkyl carbamates (subject to hydrolysis) is 1. The van der Waals surface area contributed by atoms with Crippen LogP contribution in [0.25, 0.3) is 10.4 Å². The van der Waals surface area contributed by atoms with Crippen molar-refractivity contribution in [1.82, 2.24) is 16.0 Å². The number of ether oxygens (including phenoxy) is 2.